The van der Waals surface area contributed by atoms with Gasteiger partial charge in [-0.2, -0.15) is 0 Å². The molecule has 0 aliphatic rings. The van der Waals surface area contributed by atoms with Gasteiger partial charge in [-0.15, -0.1) is 0 Å². The summed E-state index contributed by atoms with van der Waals surface area (Å²) in [6.45, 7) is 6.25. The molecule has 2 rings (SSSR count). The van der Waals surface area contributed by atoms with Crippen LogP contribution in [-0.2, 0) is 5.41 Å². The van der Waals surface area contributed by atoms with Gasteiger partial charge >= 0.3 is 5.97 Å². The molecule has 5 heteroatoms. The number of nitrogens with zero attached hydrogens (tertiary/aromatic N) is 1. The number of carboxylic acid groups (broad SMARTS) is 1. The van der Waals surface area contributed by atoms with Crippen LogP contribution in [0.15, 0.2) is 28.8 Å². The highest BCUT2D eigenvalue weighted by atomic mass is 16.5. The second kappa shape index (κ2) is 5.00. The normalized spacial score (nSPS) is 11.4. The van der Waals surface area contributed by atoms with Crippen molar-refractivity contribution < 1.29 is 19.2 Å². The number of methoxy groups -OCH3 is 1. The topological polar surface area (TPSA) is 72.6 Å². The van der Waals surface area contributed by atoms with Crippen LogP contribution in [0.3, 0.4) is 0 Å². The van der Waals surface area contributed by atoms with Crippen molar-refractivity contribution >= 4 is 5.97 Å². The zero-order valence-electron chi connectivity index (χ0n) is 11.9. The minimum atomic E-state index is -1.14. The van der Waals surface area contributed by atoms with Crippen LogP contribution in [0.2, 0.25) is 0 Å². The molecule has 0 atom stereocenters. The van der Waals surface area contributed by atoms with E-state index in [0.29, 0.717) is 11.4 Å². The van der Waals surface area contributed by atoms with Gasteiger partial charge in [-0.25, -0.2) is 4.79 Å². The molecule has 0 amide bonds. The second-order valence-corrected chi connectivity index (χ2v) is 5.52. The van der Waals surface area contributed by atoms with Crippen LogP contribution in [0.4, 0.5) is 0 Å². The Bertz CT molecular complexity index is 638. The van der Waals surface area contributed by atoms with Crippen molar-refractivity contribution in [1.82, 2.24) is 5.16 Å². The molecule has 0 fully saturated rings. The van der Waals surface area contributed by atoms with E-state index >= 15 is 0 Å². The molecular formula is C15H17NO4. The Hall–Kier alpha value is -2.30. The third-order valence-electron chi connectivity index (χ3n) is 3.02. The highest BCUT2D eigenvalue weighted by Gasteiger charge is 2.23. The zero-order valence-corrected chi connectivity index (χ0v) is 11.9. The minimum Gasteiger partial charge on any atom is -0.496 e. The molecule has 20 heavy (non-hydrogen) atoms. The number of benzene rings is 1. The lowest BCUT2D eigenvalue weighted by Crippen LogP contribution is -2.13. The van der Waals surface area contributed by atoms with E-state index in [1.165, 1.54) is 6.07 Å². The molecule has 5 nitrogen and oxygen atoms in total. The third kappa shape index (κ3) is 2.52. The smallest absolute Gasteiger partial charge is 0.374 e. The zero-order chi connectivity index (χ0) is 14.9. The predicted octanol–water partition coefficient (Wildman–Crippen LogP) is 3.35. The standard InChI is InChI=1S/C15H17NO4/c1-15(2,3)10-7-5-6-9(13(10)19-4)11-8-12(14(17)18)20-16-11/h5-8H,1-4H3,(H,17,18). The van der Waals surface area contributed by atoms with Crippen molar-refractivity contribution in [1.29, 1.82) is 0 Å². The predicted molar refractivity (Wildman–Crippen MR) is 74.2 cm³/mol. The van der Waals surface area contributed by atoms with Gasteiger partial charge < -0.3 is 14.4 Å². The average molecular weight is 275 g/mol. The Morgan fingerprint density at radius 1 is 1.35 bits per heavy atom. The lowest BCUT2D eigenvalue weighted by atomic mass is 9.85. The molecule has 0 bridgehead atoms. The lowest BCUT2D eigenvalue weighted by Gasteiger charge is -2.23. The molecule has 1 aromatic carbocycles. The summed E-state index contributed by atoms with van der Waals surface area (Å²) in [5.74, 6) is -0.650. The number of rotatable bonds is 3. The van der Waals surface area contributed by atoms with Crippen molar-refractivity contribution in [2.45, 2.75) is 26.2 Å². The van der Waals surface area contributed by atoms with E-state index in [4.69, 9.17) is 14.4 Å². The van der Waals surface area contributed by atoms with Crippen molar-refractivity contribution in [2.75, 3.05) is 7.11 Å². The molecule has 0 spiro atoms. The molecule has 0 aliphatic heterocycles. The summed E-state index contributed by atoms with van der Waals surface area (Å²) in [7, 11) is 1.59. The maximum absolute atomic E-state index is 10.9. The first-order chi connectivity index (χ1) is 9.34. The number of carboxylic acids is 1. The maximum atomic E-state index is 10.9. The summed E-state index contributed by atoms with van der Waals surface area (Å²) in [4.78, 5) is 10.9. The van der Waals surface area contributed by atoms with Gasteiger partial charge in [0.05, 0.1) is 7.11 Å². The van der Waals surface area contributed by atoms with Crippen LogP contribution in [-0.4, -0.2) is 23.3 Å². The Morgan fingerprint density at radius 3 is 2.55 bits per heavy atom. The average Bonchev–Trinajstić information content (AvgIpc) is 2.86. The van der Waals surface area contributed by atoms with Gasteiger partial charge in [0.2, 0.25) is 5.76 Å². The molecule has 0 radical (unpaired) electrons. The van der Waals surface area contributed by atoms with Gasteiger partial charge in [0.1, 0.15) is 11.4 Å². The number of aromatic carboxylic acids is 1. The number of carbonyl (C=O) groups is 1. The number of hydrogen-bond donors (Lipinski definition) is 1. The first-order valence-corrected chi connectivity index (χ1v) is 6.22. The van der Waals surface area contributed by atoms with Crippen LogP contribution >= 0.6 is 0 Å². The number of hydrogen-bond acceptors (Lipinski definition) is 4. The van der Waals surface area contributed by atoms with Crippen molar-refractivity contribution in [3.05, 3.63) is 35.6 Å². The molecule has 0 saturated carbocycles. The van der Waals surface area contributed by atoms with E-state index in [1.54, 1.807) is 7.11 Å². The summed E-state index contributed by atoms with van der Waals surface area (Å²) in [5.41, 5.74) is 2.10. The highest BCUT2D eigenvalue weighted by molar-refractivity contribution is 5.86. The monoisotopic (exact) mass is 275 g/mol. The summed E-state index contributed by atoms with van der Waals surface area (Å²) >= 11 is 0. The molecular weight excluding hydrogens is 258 g/mol. The summed E-state index contributed by atoms with van der Waals surface area (Å²) < 4.78 is 10.3. The van der Waals surface area contributed by atoms with E-state index in [-0.39, 0.29) is 11.2 Å². The fourth-order valence-corrected chi connectivity index (χ4v) is 2.05. The number of ether oxygens (including phenoxy) is 1. The molecule has 1 aromatic heterocycles. The van der Waals surface area contributed by atoms with Gasteiger partial charge in [0, 0.05) is 17.2 Å². The van der Waals surface area contributed by atoms with E-state index < -0.39 is 5.97 Å². The first-order valence-electron chi connectivity index (χ1n) is 6.22. The summed E-state index contributed by atoms with van der Waals surface area (Å²) in [6, 6.07) is 7.11. The van der Waals surface area contributed by atoms with Crippen LogP contribution in [0, 0.1) is 0 Å². The number of aromatic nitrogens is 1. The van der Waals surface area contributed by atoms with E-state index in [1.807, 2.05) is 18.2 Å². The van der Waals surface area contributed by atoms with Gasteiger partial charge in [-0.05, 0) is 11.5 Å². The quantitative estimate of drug-likeness (QED) is 0.930. The molecule has 2 aromatic rings. The van der Waals surface area contributed by atoms with E-state index in [0.717, 1.165) is 11.1 Å². The van der Waals surface area contributed by atoms with Crippen molar-refractivity contribution in [3.63, 3.8) is 0 Å². The Kier molecular flexibility index (Phi) is 3.53. The lowest BCUT2D eigenvalue weighted by molar-refractivity contribution is 0.0652. The molecule has 0 aliphatic carbocycles. The molecule has 1 N–H and O–H groups in total. The van der Waals surface area contributed by atoms with Crippen LogP contribution < -0.4 is 4.74 Å². The molecule has 1 heterocycles. The highest BCUT2D eigenvalue weighted by Crippen LogP contribution is 2.38. The fourth-order valence-electron chi connectivity index (χ4n) is 2.05. The Balaban J connectivity index is 2.59. The van der Waals surface area contributed by atoms with Crippen molar-refractivity contribution in [2.24, 2.45) is 0 Å². The van der Waals surface area contributed by atoms with Crippen LogP contribution in [0.1, 0.15) is 36.9 Å². The third-order valence-corrected chi connectivity index (χ3v) is 3.02. The van der Waals surface area contributed by atoms with E-state index in [2.05, 4.69) is 25.9 Å². The van der Waals surface area contributed by atoms with Gasteiger partial charge in [-0.1, -0.05) is 38.1 Å². The second-order valence-electron chi connectivity index (χ2n) is 5.52. The van der Waals surface area contributed by atoms with E-state index in [9.17, 15) is 4.79 Å². The first kappa shape index (κ1) is 14.1. The summed E-state index contributed by atoms with van der Waals surface area (Å²) in [6.07, 6.45) is 0. The fraction of sp³-hybridized carbons (Fsp3) is 0.333. The summed E-state index contributed by atoms with van der Waals surface area (Å²) in [5, 5.41) is 12.7. The Morgan fingerprint density at radius 2 is 2.05 bits per heavy atom. The largest absolute Gasteiger partial charge is 0.496 e. The van der Waals surface area contributed by atoms with Gasteiger partial charge in [0.15, 0.2) is 0 Å². The minimum absolute atomic E-state index is 0.0965. The number of para-hydroxylation sites is 1. The van der Waals surface area contributed by atoms with Crippen LogP contribution in [0.5, 0.6) is 5.75 Å². The molecule has 0 unspecified atom stereocenters. The maximum Gasteiger partial charge on any atom is 0.374 e. The molecule has 0 saturated heterocycles. The Labute approximate surface area is 117 Å². The van der Waals surface area contributed by atoms with Crippen LogP contribution in [0.25, 0.3) is 11.3 Å². The van der Waals surface area contributed by atoms with Crippen molar-refractivity contribution in [3.8, 4) is 17.0 Å². The SMILES string of the molecule is COc1c(-c2cc(C(=O)O)on2)cccc1C(C)(C)C. The van der Waals surface area contributed by atoms with Gasteiger partial charge in [0.25, 0.3) is 0 Å². The molecule has 106 valence electrons. The van der Waals surface area contributed by atoms with Gasteiger partial charge in [-0.3, -0.25) is 0 Å².